The molecule has 0 spiro atoms. The van der Waals surface area contributed by atoms with Gasteiger partial charge < -0.3 is 10.4 Å². The zero-order chi connectivity index (χ0) is 12.2. The lowest BCUT2D eigenvalue weighted by molar-refractivity contribution is 0.0817. The molecule has 0 aromatic heterocycles. The van der Waals surface area contributed by atoms with Crippen LogP contribution in [0.25, 0.3) is 0 Å². The van der Waals surface area contributed by atoms with Crippen LogP contribution in [0.15, 0.2) is 18.2 Å². The van der Waals surface area contributed by atoms with Gasteiger partial charge in [0.05, 0.1) is 0 Å². The van der Waals surface area contributed by atoms with Crippen LogP contribution in [0.5, 0.6) is 5.75 Å². The highest BCUT2D eigenvalue weighted by Gasteiger charge is 2.58. The molecule has 1 saturated carbocycles. The molecule has 96 valence electrons. The van der Waals surface area contributed by atoms with Crippen molar-refractivity contribution in [2.75, 3.05) is 13.1 Å². The molecule has 1 saturated heterocycles. The predicted molar refractivity (Wildman–Crippen MR) is 71.9 cm³/mol. The summed E-state index contributed by atoms with van der Waals surface area (Å²) < 4.78 is 0. The number of nitrogens with one attached hydrogen (secondary N) is 1. The fourth-order valence-corrected chi connectivity index (χ4v) is 5.12. The molecule has 2 nitrogen and oxygen atoms in total. The zero-order valence-corrected chi connectivity index (χ0v) is 10.8. The fourth-order valence-electron chi connectivity index (χ4n) is 5.12. The molecule has 2 aliphatic carbocycles. The molecule has 2 heteroatoms. The predicted octanol–water partition coefficient (Wildman–Crippen LogP) is 2.74. The van der Waals surface area contributed by atoms with E-state index in [0.29, 0.717) is 16.6 Å². The summed E-state index contributed by atoms with van der Waals surface area (Å²) in [7, 11) is 0. The number of hydrogen-bond acceptors (Lipinski definition) is 2. The van der Waals surface area contributed by atoms with Gasteiger partial charge in [-0.1, -0.05) is 12.5 Å². The maximum atomic E-state index is 9.88. The summed E-state index contributed by atoms with van der Waals surface area (Å²) in [5.74, 6) is 0.448. The highest BCUT2D eigenvalue weighted by atomic mass is 16.3. The van der Waals surface area contributed by atoms with E-state index in [0.717, 1.165) is 6.54 Å². The van der Waals surface area contributed by atoms with Crippen LogP contribution in [-0.4, -0.2) is 18.2 Å². The van der Waals surface area contributed by atoms with Gasteiger partial charge in [-0.2, -0.15) is 0 Å². The van der Waals surface area contributed by atoms with Crippen LogP contribution in [0.4, 0.5) is 0 Å². The second kappa shape index (κ2) is 3.51. The molecule has 2 unspecified atom stereocenters. The van der Waals surface area contributed by atoms with Gasteiger partial charge in [-0.3, -0.25) is 0 Å². The van der Waals surface area contributed by atoms with Gasteiger partial charge in [0.25, 0.3) is 0 Å². The average molecular weight is 243 g/mol. The average Bonchev–Trinajstić information content (AvgIpc) is 2.79. The minimum atomic E-state index is 0.366. The van der Waals surface area contributed by atoms with Gasteiger partial charge in [0.2, 0.25) is 0 Å². The lowest BCUT2D eigenvalue weighted by atomic mass is 9.53. The Labute approximate surface area is 108 Å². The summed E-state index contributed by atoms with van der Waals surface area (Å²) in [5.41, 5.74) is 3.82. The second-order valence-corrected chi connectivity index (χ2v) is 6.48. The van der Waals surface area contributed by atoms with Crippen LogP contribution in [0, 0.1) is 5.41 Å². The topological polar surface area (TPSA) is 32.3 Å². The molecule has 1 aromatic carbocycles. The van der Waals surface area contributed by atoms with E-state index in [1.165, 1.54) is 56.2 Å². The van der Waals surface area contributed by atoms with Crippen molar-refractivity contribution in [2.24, 2.45) is 5.41 Å². The van der Waals surface area contributed by atoms with E-state index >= 15 is 0 Å². The Bertz CT molecular complexity index is 498. The third-order valence-corrected chi connectivity index (χ3v) is 5.95. The van der Waals surface area contributed by atoms with Crippen molar-refractivity contribution in [3.8, 4) is 5.75 Å². The smallest absolute Gasteiger partial charge is 0.115 e. The summed E-state index contributed by atoms with van der Waals surface area (Å²) in [6.07, 6.45) is 7.83. The third-order valence-electron chi connectivity index (χ3n) is 5.95. The minimum absolute atomic E-state index is 0.366. The number of piperidine rings is 1. The highest BCUT2D eigenvalue weighted by Crippen LogP contribution is 2.62. The zero-order valence-electron chi connectivity index (χ0n) is 10.8. The number of fused-ring (bicyclic) bond motifs is 1. The van der Waals surface area contributed by atoms with Crippen molar-refractivity contribution in [1.82, 2.24) is 5.32 Å². The number of hydrogen-bond donors (Lipinski definition) is 2. The number of phenolic OH excluding ortho intramolecular Hbond substituents is 1. The first-order chi connectivity index (χ1) is 8.76. The van der Waals surface area contributed by atoms with E-state index in [-0.39, 0.29) is 0 Å². The molecular weight excluding hydrogens is 222 g/mol. The molecule has 4 rings (SSSR count). The van der Waals surface area contributed by atoms with Crippen molar-refractivity contribution in [3.63, 3.8) is 0 Å². The van der Waals surface area contributed by atoms with E-state index in [1.54, 1.807) is 0 Å². The molecule has 18 heavy (non-hydrogen) atoms. The van der Waals surface area contributed by atoms with Gasteiger partial charge in [0, 0.05) is 12.0 Å². The fraction of sp³-hybridized carbons (Fsp3) is 0.625. The van der Waals surface area contributed by atoms with Crippen molar-refractivity contribution >= 4 is 0 Å². The van der Waals surface area contributed by atoms with Gasteiger partial charge in [0.1, 0.15) is 5.75 Å². The summed E-state index contributed by atoms with van der Waals surface area (Å²) in [4.78, 5) is 0. The van der Waals surface area contributed by atoms with Gasteiger partial charge in [0.15, 0.2) is 0 Å². The lowest BCUT2D eigenvalue weighted by Crippen LogP contribution is -2.56. The summed E-state index contributed by atoms with van der Waals surface area (Å²) in [5, 5.41) is 13.5. The van der Waals surface area contributed by atoms with Crippen LogP contribution >= 0.6 is 0 Å². The Balaban J connectivity index is 1.94. The number of benzene rings is 1. The van der Waals surface area contributed by atoms with E-state index < -0.39 is 0 Å². The van der Waals surface area contributed by atoms with Gasteiger partial charge in [-0.15, -0.1) is 0 Å². The normalized spacial score (nSPS) is 37.8. The van der Waals surface area contributed by atoms with Crippen molar-refractivity contribution in [1.29, 1.82) is 0 Å². The Morgan fingerprint density at radius 3 is 3.00 bits per heavy atom. The van der Waals surface area contributed by atoms with Crippen LogP contribution < -0.4 is 5.32 Å². The van der Waals surface area contributed by atoms with Crippen molar-refractivity contribution in [3.05, 3.63) is 29.3 Å². The Hall–Kier alpha value is -1.02. The molecule has 0 amide bonds. The van der Waals surface area contributed by atoms with E-state index in [4.69, 9.17) is 0 Å². The SMILES string of the molecule is Oc1ccc2c(c1)C13CCCC1(CC2)CNCC3. The van der Waals surface area contributed by atoms with Crippen molar-refractivity contribution in [2.45, 2.75) is 43.9 Å². The number of aromatic hydroxyl groups is 1. The molecule has 2 fully saturated rings. The Morgan fingerprint density at radius 2 is 2.06 bits per heavy atom. The third kappa shape index (κ3) is 1.17. The largest absolute Gasteiger partial charge is 0.508 e. The summed E-state index contributed by atoms with van der Waals surface area (Å²) in [6, 6.07) is 6.09. The molecule has 1 aliphatic heterocycles. The highest BCUT2D eigenvalue weighted by molar-refractivity contribution is 5.45. The van der Waals surface area contributed by atoms with E-state index in [1.807, 2.05) is 6.07 Å². The van der Waals surface area contributed by atoms with Crippen molar-refractivity contribution < 1.29 is 5.11 Å². The molecule has 2 atom stereocenters. The molecular formula is C16H21NO. The van der Waals surface area contributed by atoms with Crippen LogP contribution in [0.1, 0.15) is 43.2 Å². The van der Waals surface area contributed by atoms with E-state index in [2.05, 4.69) is 17.4 Å². The maximum Gasteiger partial charge on any atom is 0.115 e. The first-order valence-electron chi connectivity index (χ1n) is 7.29. The molecule has 1 aromatic rings. The van der Waals surface area contributed by atoms with Gasteiger partial charge in [-0.05, 0) is 67.3 Å². The van der Waals surface area contributed by atoms with Crippen LogP contribution in [0.2, 0.25) is 0 Å². The quantitative estimate of drug-likeness (QED) is 0.734. The van der Waals surface area contributed by atoms with Gasteiger partial charge in [-0.25, -0.2) is 0 Å². The minimum Gasteiger partial charge on any atom is -0.508 e. The monoisotopic (exact) mass is 243 g/mol. The Morgan fingerprint density at radius 1 is 1.11 bits per heavy atom. The van der Waals surface area contributed by atoms with Crippen LogP contribution in [-0.2, 0) is 11.8 Å². The molecule has 0 bridgehead atoms. The molecule has 1 heterocycles. The second-order valence-electron chi connectivity index (χ2n) is 6.48. The number of phenols is 1. The first-order valence-corrected chi connectivity index (χ1v) is 7.29. The maximum absolute atomic E-state index is 9.88. The Kier molecular flexibility index (Phi) is 2.12. The summed E-state index contributed by atoms with van der Waals surface area (Å²) >= 11 is 0. The van der Waals surface area contributed by atoms with Gasteiger partial charge >= 0.3 is 0 Å². The van der Waals surface area contributed by atoms with Crippen LogP contribution in [0.3, 0.4) is 0 Å². The molecule has 3 aliphatic rings. The first kappa shape index (κ1) is 10.9. The molecule has 0 radical (unpaired) electrons. The number of rotatable bonds is 0. The lowest BCUT2D eigenvalue weighted by Gasteiger charge is -2.54. The summed E-state index contributed by atoms with van der Waals surface area (Å²) in [6.45, 7) is 2.32. The standard InChI is InChI=1S/C16H21NO/c18-13-3-2-12-4-7-15-5-1-6-16(15,14(12)10-13)8-9-17-11-15/h2-3,10,17-18H,1,4-9,11H2. The van der Waals surface area contributed by atoms with E-state index in [9.17, 15) is 5.11 Å². The number of aryl methyl sites for hydroxylation is 1. The molecule has 2 N–H and O–H groups in total.